The molecule has 3 aromatic rings. The third-order valence-electron chi connectivity index (χ3n) is 7.91. The number of ether oxygens (including phenoxy) is 1. The van der Waals surface area contributed by atoms with Crippen LogP contribution in [0.25, 0.3) is 16.5 Å². The maximum atomic E-state index is 13.5. The lowest BCUT2D eigenvalue weighted by Crippen LogP contribution is -2.33. The van der Waals surface area contributed by atoms with Gasteiger partial charge in [-0.3, -0.25) is 9.78 Å². The van der Waals surface area contributed by atoms with E-state index in [4.69, 9.17) is 4.74 Å². The molecule has 0 saturated carbocycles. The van der Waals surface area contributed by atoms with Gasteiger partial charge in [0.1, 0.15) is 5.76 Å². The van der Waals surface area contributed by atoms with E-state index in [9.17, 15) is 23.1 Å². The lowest BCUT2D eigenvalue weighted by molar-refractivity contribution is -0.137. The van der Waals surface area contributed by atoms with Crippen LogP contribution in [0.15, 0.2) is 48.4 Å². The average Bonchev–Trinajstić information content (AvgIpc) is 3.44. The molecule has 2 saturated heterocycles. The number of alkyl halides is 3. The van der Waals surface area contributed by atoms with E-state index < -0.39 is 29.7 Å². The maximum Gasteiger partial charge on any atom is 0.416 e. The molecule has 2 bridgehead atoms. The predicted molar refractivity (Wildman–Crippen MR) is 125 cm³/mol. The molecule has 1 aromatic heterocycles. The molecule has 4 nitrogen and oxygen atoms in total. The number of allylic oxidation sites excluding steroid dienone is 1. The summed E-state index contributed by atoms with van der Waals surface area (Å²) in [5.41, 5.74) is 4.54. The normalized spacial score (nSPS) is 27.8. The Balaban J connectivity index is 1.42. The maximum absolute atomic E-state index is 13.5. The number of hydrogen-bond acceptors (Lipinski definition) is 4. The Morgan fingerprint density at radius 3 is 2.43 bits per heavy atom. The Hall–Kier alpha value is -3.19. The fraction of sp³-hybridized carbons (Fsp3) is 0.357. The first kappa shape index (κ1) is 22.3. The molecule has 2 aromatic carbocycles. The number of benzene rings is 2. The van der Waals surface area contributed by atoms with Crippen molar-refractivity contribution in [1.29, 1.82) is 0 Å². The van der Waals surface area contributed by atoms with Gasteiger partial charge in [-0.15, -0.1) is 0 Å². The molecule has 5 atom stereocenters. The second kappa shape index (κ2) is 7.40. The number of aryl methyl sites for hydroxylation is 3. The molecule has 2 fully saturated rings. The van der Waals surface area contributed by atoms with Crippen LogP contribution in [0.2, 0.25) is 0 Å². The van der Waals surface area contributed by atoms with E-state index in [1.54, 1.807) is 0 Å². The van der Waals surface area contributed by atoms with Crippen molar-refractivity contribution in [2.45, 2.75) is 51.5 Å². The number of pyridine rings is 1. The van der Waals surface area contributed by atoms with E-state index in [2.05, 4.69) is 4.98 Å². The van der Waals surface area contributed by atoms with Crippen LogP contribution in [-0.4, -0.2) is 28.1 Å². The van der Waals surface area contributed by atoms with Gasteiger partial charge >= 0.3 is 6.18 Å². The van der Waals surface area contributed by atoms with Gasteiger partial charge < -0.3 is 9.84 Å². The molecule has 0 radical (unpaired) electrons. The molecule has 3 aliphatic rings. The van der Waals surface area contributed by atoms with Crippen LogP contribution < -0.4 is 0 Å². The Labute approximate surface area is 200 Å². The highest BCUT2D eigenvalue weighted by Gasteiger charge is 2.62. The highest BCUT2D eigenvalue weighted by atomic mass is 19.4. The van der Waals surface area contributed by atoms with Gasteiger partial charge in [-0.05, 0) is 67.6 Å². The molecule has 2 aliphatic heterocycles. The van der Waals surface area contributed by atoms with Crippen molar-refractivity contribution in [3.63, 3.8) is 0 Å². The van der Waals surface area contributed by atoms with Gasteiger partial charge in [0.25, 0.3) is 0 Å². The molecule has 1 aliphatic carbocycles. The van der Waals surface area contributed by atoms with E-state index in [1.165, 1.54) is 12.3 Å². The largest absolute Gasteiger partial charge is 0.511 e. The molecule has 35 heavy (non-hydrogen) atoms. The third-order valence-corrected chi connectivity index (χ3v) is 7.91. The van der Waals surface area contributed by atoms with Crippen molar-refractivity contribution in [1.82, 2.24) is 4.98 Å². The fourth-order valence-electron chi connectivity index (χ4n) is 6.66. The number of hydrogen-bond donors (Lipinski definition) is 1. The number of aliphatic hydroxyl groups excluding tert-OH is 1. The van der Waals surface area contributed by atoms with E-state index in [0.29, 0.717) is 17.4 Å². The average molecular weight is 479 g/mol. The number of aromatic nitrogens is 1. The Bertz CT molecular complexity index is 1420. The van der Waals surface area contributed by atoms with Crippen LogP contribution in [0.5, 0.6) is 0 Å². The van der Waals surface area contributed by atoms with Crippen molar-refractivity contribution >= 4 is 22.3 Å². The van der Waals surface area contributed by atoms with Crippen LogP contribution in [0.4, 0.5) is 13.2 Å². The van der Waals surface area contributed by atoms with Crippen LogP contribution in [0, 0.1) is 32.6 Å². The van der Waals surface area contributed by atoms with E-state index in [0.717, 1.165) is 39.9 Å². The van der Waals surface area contributed by atoms with E-state index in [1.807, 2.05) is 39.0 Å². The fourth-order valence-corrected chi connectivity index (χ4v) is 6.66. The smallest absolute Gasteiger partial charge is 0.416 e. The molecule has 3 heterocycles. The highest BCUT2D eigenvalue weighted by molar-refractivity contribution is 6.26. The minimum atomic E-state index is -4.45. The predicted octanol–water partition coefficient (Wildman–Crippen LogP) is 6.22. The lowest BCUT2D eigenvalue weighted by atomic mass is 9.72. The summed E-state index contributed by atoms with van der Waals surface area (Å²) in [5, 5.41) is 12.0. The minimum Gasteiger partial charge on any atom is -0.511 e. The van der Waals surface area contributed by atoms with Crippen molar-refractivity contribution < 1.29 is 27.8 Å². The van der Waals surface area contributed by atoms with Gasteiger partial charge in [-0.2, -0.15) is 13.2 Å². The highest BCUT2D eigenvalue weighted by Crippen LogP contribution is 2.58. The Morgan fingerprint density at radius 2 is 1.74 bits per heavy atom. The summed E-state index contributed by atoms with van der Waals surface area (Å²) in [6.45, 7) is 5.89. The number of aliphatic hydroxyl groups is 1. The summed E-state index contributed by atoms with van der Waals surface area (Å²) in [4.78, 5) is 17.7. The first-order valence-electron chi connectivity index (χ1n) is 11.7. The molecular weight excluding hydrogens is 455 g/mol. The number of Topliss-reactive ketones (excluding diaryl/α,β-unsaturated/α-hetero) is 1. The minimum absolute atomic E-state index is 0.0740. The lowest BCUT2D eigenvalue weighted by Gasteiger charge is -2.28. The summed E-state index contributed by atoms with van der Waals surface area (Å²) < 4.78 is 45.9. The quantitative estimate of drug-likeness (QED) is 0.474. The van der Waals surface area contributed by atoms with Crippen LogP contribution in [-0.2, 0) is 15.7 Å². The van der Waals surface area contributed by atoms with Gasteiger partial charge in [-0.25, -0.2) is 0 Å². The first-order valence-corrected chi connectivity index (χ1v) is 11.7. The molecule has 0 spiro atoms. The number of halogens is 3. The van der Waals surface area contributed by atoms with Crippen molar-refractivity contribution in [2.24, 2.45) is 11.8 Å². The molecule has 7 heteroatoms. The topological polar surface area (TPSA) is 59.4 Å². The molecule has 0 amide bonds. The Kier molecular flexibility index (Phi) is 4.71. The molecule has 1 N–H and O–H groups in total. The zero-order valence-corrected chi connectivity index (χ0v) is 19.5. The summed E-state index contributed by atoms with van der Waals surface area (Å²) >= 11 is 0. The van der Waals surface area contributed by atoms with Crippen molar-refractivity contribution in [3.05, 3.63) is 81.7 Å². The SMILES string of the molecule is Cc1cc(C)c(C2=C(O)[C@@H]3C4O[C@@H](C[C@H]4c4ccnc5cc(C(F)(F)F)ccc45)[C@@H]3C2=O)c(C)c1. The standard InChI is InChI=1S/C28H24F3NO3/c1-12-8-13(2)21(14(3)9-12)23-25(33)22-20-11-18(27(35-20)24(22)26(23)34)16-6-7-32-19-10-15(28(29,30)31)4-5-17(16)19/h4-10,18,20,22,24,27,34H,11H2,1-3H3/t18-,20-,22-,24+,27?/m0/s1. The zero-order valence-electron chi connectivity index (χ0n) is 19.5. The van der Waals surface area contributed by atoms with Crippen LogP contribution in [0.3, 0.4) is 0 Å². The molecular formula is C28H24F3NO3. The van der Waals surface area contributed by atoms with Gasteiger partial charge in [0.2, 0.25) is 0 Å². The zero-order chi connectivity index (χ0) is 24.8. The van der Waals surface area contributed by atoms with Gasteiger partial charge in [0.15, 0.2) is 5.78 Å². The second-order valence-corrected chi connectivity index (χ2v) is 10.1. The number of carbonyl (C=O) groups excluding carboxylic acids is 1. The van der Waals surface area contributed by atoms with Gasteiger partial charge in [0, 0.05) is 17.5 Å². The van der Waals surface area contributed by atoms with Crippen LogP contribution >= 0.6 is 0 Å². The first-order chi connectivity index (χ1) is 16.6. The van der Waals surface area contributed by atoms with Gasteiger partial charge in [0.05, 0.1) is 40.7 Å². The van der Waals surface area contributed by atoms with Crippen molar-refractivity contribution in [3.8, 4) is 0 Å². The van der Waals surface area contributed by atoms with Gasteiger partial charge in [-0.1, -0.05) is 23.8 Å². The summed E-state index contributed by atoms with van der Waals surface area (Å²) in [5.74, 6) is -1.05. The number of fused-ring (bicyclic) bond motifs is 6. The monoisotopic (exact) mass is 479 g/mol. The Morgan fingerprint density at radius 1 is 1.03 bits per heavy atom. The molecule has 1 unspecified atom stereocenters. The number of rotatable bonds is 2. The molecule has 6 rings (SSSR count). The van der Waals surface area contributed by atoms with E-state index in [-0.39, 0.29) is 29.1 Å². The summed E-state index contributed by atoms with van der Waals surface area (Å²) in [7, 11) is 0. The summed E-state index contributed by atoms with van der Waals surface area (Å²) in [6, 6.07) is 9.43. The third kappa shape index (κ3) is 3.17. The van der Waals surface area contributed by atoms with Crippen molar-refractivity contribution in [2.75, 3.05) is 0 Å². The number of carbonyl (C=O) groups is 1. The second-order valence-electron chi connectivity index (χ2n) is 10.1. The molecule has 180 valence electrons. The van der Waals surface area contributed by atoms with E-state index >= 15 is 0 Å². The number of ketones is 1. The summed E-state index contributed by atoms with van der Waals surface area (Å²) in [6.07, 6.45) is -3.13. The number of nitrogens with zero attached hydrogens (tertiary/aromatic N) is 1. The van der Waals surface area contributed by atoms with Crippen LogP contribution in [0.1, 0.15) is 45.7 Å².